The number of nitrogens with one attached hydrogen (secondary N) is 1. The third-order valence-electron chi connectivity index (χ3n) is 3.64. The molecule has 0 aromatic heterocycles. The lowest BCUT2D eigenvalue weighted by Gasteiger charge is -2.22. The molecule has 1 aliphatic rings. The fourth-order valence-electron chi connectivity index (χ4n) is 2.32. The minimum Gasteiger partial charge on any atom is -0.395 e. The first-order valence-electron chi connectivity index (χ1n) is 7.21. The van der Waals surface area contributed by atoms with Crippen LogP contribution in [0.1, 0.15) is 37.3 Å². The van der Waals surface area contributed by atoms with E-state index >= 15 is 0 Å². The molecule has 1 amide bonds. The van der Waals surface area contributed by atoms with Gasteiger partial charge in [0.2, 0.25) is 0 Å². The number of anilines is 1. The van der Waals surface area contributed by atoms with E-state index in [4.69, 9.17) is 9.84 Å². The molecule has 0 aliphatic carbocycles. The molecule has 1 atom stereocenters. The molecule has 1 unspecified atom stereocenters. The highest BCUT2D eigenvalue weighted by molar-refractivity contribution is 5.97. The number of hydrogen-bond acceptors (Lipinski definition) is 3. The molecule has 0 saturated carbocycles. The van der Waals surface area contributed by atoms with Crippen molar-refractivity contribution >= 4 is 11.6 Å². The molecule has 1 aromatic rings. The average molecular weight is 287 g/mol. The molecule has 0 spiro atoms. The molecular formula is C17H21NO3. The molecule has 1 heterocycles. The Kier molecular flexibility index (Phi) is 5.00. The van der Waals surface area contributed by atoms with Crippen molar-refractivity contribution in [2.75, 3.05) is 18.5 Å². The van der Waals surface area contributed by atoms with E-state index < -0.39 is 5.60 Å². The minimum absolute atomic E-state index is 0.0682. The van der Waals surface area contributed by atoms with E-state index in [1.165, 1.54) is 0 Å². The van der Waals surface area contributed by atoms with Crippen molar-refractivity contribution in [1.82, 2.24) is 0 Å². The minimum atomic E-state index is -0.715. The maximum absolute atomic E-state index is 12.3. The van der Waals surface area contributed by atoms with Crippen molar-refractivity contribution in [1.29, 1.82) is 0 Å². The van der Waals surface area contributed by atoms with Gasteiger partial charge in [-0.2, -0.15) is 0 Å². The van der Waals surface area contributed by atoms with E-state index in [0.29, 0.717) is 13.0 Å². The summed E-state index contributed by atoms with van der Waals surface area (Å²) in [4.78, 5) is 12.3. The summed E-state index contributed by atoms with van der Waals surface area (Å²) in [5, 5.41) is 11.6. The first-order chi connectivity index (χ1) is 10.0. The Bertz CT molecular complexity index is 577. The Hall–Kier alpha value is -1.83. The average Bonchev–Trinajstić information content (AvgIpc) is 2.90. The Labute approximate surface area is 125 Å². The monoisotopic (exact) mass is 287 g/mol. The van der Waals surface area contributed by atoms with Crippen molar-refractivity contribution < 1.29 is 14.6 Å². The smallest absolute Gasteiger partial charge is 0.256 e. The normalized spacial score (nSPS) is 20.7. The number of aliphatic hydroxyl groups excluding tert-OH is 1. The molecular weight excluding hydrogens is 266 g/mol. The van der Waals surface area contributed by atoms with Gasteiger partial charge in [0, 0.05) is 24.3 Å². The molecule has 2 rings (SSSR count). The highest BCUT2D eigenvalue weighted by atomic mass is 16.5. The van der Waals surface area contributed by atoms with Crippen LogP contribution in [0.3, 0.4) is 0 Å². The largest absolute Gasteiger partial charge is 0.395 e. The third kappa shape index (κ3) is 3.84. The van der Waals surface area contributed by atoms with Crippen molar-refractivity contribution in [2.24, 2.45) is 0 Å². The van der Waals surface area contributed by atoms with E-state index in [1.807, 2.05) is 32.0 Å². The van der Waals surface area contributed by atoms with Crippen LogP contribution in [0.5, 0.6) is 0 Å². The van der Waals surface area contributed by atoms with Crippen LogP contribution < -0.4 is 5.32 Å². The summed E-state index contributed by atoms with van der Waals surface area (Å²) in [5.41, 5.74) is 1.94. The molecule has 1 fully saturated rings. The van der Waals surface area contributed by atoms with Gasteiger partial charge >= 0.3 is 0 Å². The molecule has 4 nitrogen and oxygen atoms in total. The van der Waals surface area contributed by atoms with Gasteiger partial charge in [-0.25, -0.2) is 0 Å². The standard InChI is InChI=1S/C17H21NO3/c1-13-12-15(8-7-14(13)6-3-4-10-19)18-16(20)17(2)9-5-11-21-17/h7-8,12,19H,4-5,9-11H2,1-2H3,(H,18,20). The first-order valence-corrected chi connectivity index (χ1v) is 7.21. The van der Waals surface area contributed by atoms with Gasteiger partial charge in [0.1, 0.15) is 5.60 Å². The molecule has 4 heteroatoms. The highest BCUT2D eigenvalue weighted by Gasteiger charge is 2.37. The zero-order valence-electron chi connectivity index (χ0n) is 12.5. The van der Waals surface area contributed by atoms with Crippen LogP contribution in [0.2, 0.25) is 0 Å². The Morgan fingerprint density at radius 2 is 2.33 bits per heavy atom. The third-order valence-corrected chi connectivity index (χ3v) is 3.64. The molecule has 0 radical (unpaired) electrons. The van der Waals surface area contributed by atoms with Crippen molar-refractivity contribution in [3.63, 3.8) is 0 Å². The Balaban J connectivity index is 2.07. The van der Waals surface area contributed by atoms with E-state index in [2.05, 4.69) is 17.2 Å². The highest BCUT2D eigenvalue weighted by Crippen LogP contribution is 2.27. The number of rotatable bonds is 3. The molecule has 1 saturated heterocycles. The van der Waals surface area contributed by atoms with Crippen LogP contribution in [0.25, 0.3) is 0 Å². The molecule has 2 N–H and O–H groups in total. The van der Waals surface area contributed by atoms with Crippen molar-refractivity contribution in [2.45, 2.75) is 38.7 Å². The maximum Gasteiger partial charge on any atom is 0.256 e. The van der Waals surface area contributed by atoms with Crippen LogP contribution in [0.15, 0.2) is 18.2 Å². The zero-order valence-corrected chi connectivity index (χ0v) is 12.5. The summed E-state index contributed by atoms with van der Waals surface area (Å²) in [6.45, 7) is 4.49. The second kappa shape index (κ2) is 6.75. The van der Waals surface area contributed by atoms with Crippen LogP contribution in [-0.4, -0.2) is 29.8 Å². The number of aliphatic hydroxyl groups is 1. The number of carbonyl (C=O) groups is 1. The molecule has 1 aliphatic heterocycles. The quantitative estimate of drug-likeness (QED) is 0.838. The van der Waals surface area contributed by atoms with Crippen LogP contribution in [-0.2, 0) is 9.53 Å². The number of benzene rings is 1. The Morgan fingerprint density at radius 3 is 2.95 bits per heavy atom. The van der Waals surface area contributed by atoms with E-state index in [-0.39, 0.29) is 12.5 Å². The lowest BCUT2D eigenvalue weighted by atomic mass is 10.0. The second-order valence-electron chi connectivity index (χ2n) is 5.44. The maximum atomic E-state index is 12.3. The van der Waals surface area contributed by atoms with Gasteiger partial charge in [-0.15, -0.1) is 0 Å². The van der Waals surface area contributed by atoms with E-state index in [0.717, 1.165) is 29.7 Å². The molecule has 0 bridgehead atoms. The lowest BCUT2D eigenvalue weighted by molar-refractivity contribution is -0.133. The summed E-state index contributed by atoms with van der Waals surface area (Å²) in [6, 6.07) is 5.62. The molecule has 1 aromatic carbocycles. The van der Waals surface area contributed by atoms with Gasteiger partial charge in [0.05, 0.1) is 6.61 Å². The lowest BCUT2D eigenvalue weighted by Crippen LogP contribution is -2.39. The SMILES string of the molecule is Cc1cc(NC(=O)C2(C)CCCO2)ccc1C#CCCO. The first kappa shape index (κ1) is 15.6. The van der Waals surface area contributed by atoms with Gasteiger partial charge in [-0.1, -0.05) is 11.8 Å². The van der Waals surface area contributed by atoms with Gasteiger partial charge < -0.3 is 15.2 Å². The second-order valence-corrected chi connectivity index (χ2v) is 5.44. The van der Waals surface area contributed by atoms with Gasteiger partial charge in [0.25, 0.3) is 5.91 Å². The summed E-state index contributed by atoms with van der Waals surface area (Å²) in [6.07, 6.45) is 2.14. The number of hydrogen-bond donors (Lipinski definition) is 2. The number of aryl methyl sites for hydroxylation is 1. The number of amides is 1. The van der Waals surface area contributed by atoms with Gasteiger partial charge in [-0.05, 0) is 50.5 Å². The molecule has 21 heavy (non-hydrogen) atoms. The molecule has 112 valence electrons. The van der Waals surface area contributed by atoms with Crippen molar-refractivity contribution in [3.05, 3.63) is 29.3 Å². The number of carbonyl (C=O) groups excluding carboxylic acids is 1. The topological polar surface area (TPSA) is 58.6 Å². The zero-order chi connectivity index (χ0) is 15.3. The summed E-state index contributed by atoms with van der Waals surface area (Å²) in [7, 11) is 0. The van der Waals surface area contributed by atoms with Crippen LogP contribution in [0.4, 0.5) is 5.69 Å². The fraction of sp³-hybridized carbons (Fsp3) is 0.471. The number of ether oxygens (including phenoxy) is 1. The van der Waals surface area contributed by atoms with Gasteiger partial charge in [-0.3, -0.25) is 4.79 Å². The van der Waals surface area contributed by atoms with Crippen LogP contribution in [0, 0.1) is 18.8 Å². The van der Waals surface area contributed by atoms with E-state index in [9.17, 15) is 4.79 Å². The van der Waals surface area contributed by atoms with Crippen molar-refractivity contribution in [3.8, 4) is 11.8 Å². The summed E-state index contributed by atoms with van der Waals surface area (Å²) < 4.78 is 5.54. The van der Waals surface area contributed by atoms with Gasteiger partial charge in [0.15, 0.2) is 0 Å². The Morgan fingerprint density at radius 1 is 1.52 bits per heavy atom. The summed E-state index contributed by atoms with van der Waals surface area (Å²) >= 11 is 0. The van der Waals surface area contributed by atoms with E-state index in [1.54, 1.807) is 0 Å². The fourth-order valence-corrected chi connectivity index (χ4v) is 2.32. The van der Waals surface area contributed by atoms with Crippen LogP contribution >= 0.6 is 0 Å². The predicted octanol–water partition coefficient (Wildman–Crippen LogP) is 2.24. The summed E-state index contributed by atoms with van der Waals surface area (Å²) in [5.74, 6) is 5.81. The predicted molar refractivity (Wildman–Crippen MR) is 82.0 cm³/mol.